The lowest BCUT2D eigenvalue weighted by molar-refractivity contribution is 0.725. The van der Waals surface area contributed by atoms with Gasteiger partial charge >= 0.3 is 0 Å². The molecule has 2 aromatic heterocycles. The molecule has 2 heterocycles. The van der Waals surface area contributed by atoms with Crippen molar-refractivity contribution in [3.05, 3.63) is 229 Å². The average molecular weight is 769 g/mol. The molecule has 3 heteroatoms. The highest BCUT2D eigenvalue weighted by atomic mass is 32.1. The molecule has 3 aliphatic carbocycles. The zero-order chi connectivity index (χ0) is 38.9. The van der Waals surface area contributed by atoms with E-state index in [-0.39, 0.29) is 0 Å². The van der Waals surface area contributed by atoms with E-state index >= 15 is 0 Å². The second kappa shape index (κ2) is 13.7. The van der Waals surface area contributed by atoms with E-state index in [9.17, 15) is 0 Å². The Hall–Kier alpha value is -7.20. The molecule has 0 amide bonds. The van der Waals surface area contributed by atoms with Crippen LogP contribution in [0.5, 0.6) is 0 Å². The number of hydrogen-bond acceptors (Lipinski definition) is 3. The molecule has 9 aromatic rings. The highest BCUT2D eigenvalue weighted by Crippen LogP contribution is 2.55. The fourth-order valence-electron chi connectivity index (χ4n) is 9.54. The molecular formula is C56H36N2S. The van der Waals surface area contributed by atoms with Crippen molar-refractivity contribution in [2.24, 2.45) is 5.92 Å². The summed E-state index contributed by atoms with van der Waals surface area (Å²) in [7, 11) is 0. The first-order valence-corrected chi connectivity index (χ1v) is 21.1. The Labute approximate surface area is 347 Å². The van der Waals surface area contributed by atoms with E-state index < -0.39 is 0 Å². The van der Waals surface area contributed by atoms with Crippen molar-refractivity contribution in [1.29, 1.82) is 0 Å². The predicted molar refractivity (Wildman–Crippen MR) is 248 cm³/mol. The van der Waals surface area contributed by atoms with Crippen molar-refractivity contribution >= 4 is 42.7 Å². The number of benzene rings is 7. The molecule has 0 N–H and O–H groups in total. The zero-order valence-corrected chi connectivity index (χ0v) is 32.9. The summed E-state index contributed by atoms with van der Waals surface area (Å²) in [4.78, 5) is 10.4. The highest BCUT2D eigenvalue weighted by Gasteiger charge is 2.40. The van der Waals surface area contributed by atoms with Crippen LogP contribution in [0.4, 0.5) is 0 Å². The first kappa shape index (κ1) is 33.9. The fourth-order valence-corrected chi connectivity index (χ4v) is 10.8. The van der Waals surface area contributed by atoms with Gasteiger partial charge in [-0.1, -0.05) is 170 Å². The molecule has 12 rings (SSSR count). The molecule has 0 bridgehead atoms. The SMILES string of the molecule is C1=CC2=C(c3cccc(-c4cc(-c5cc(-c6ccccc6)nc(-c6ccccc6)n5)cc(-c5cccc6c5sc5ccccc56)c4)c3)C=CC3c4ccccc4C(=C1)C23. The summed E-state index contributed by atoms with van der Waals surface area (Å²) >= 11 is 1.87. The van der Waals surface area contributed by atoms with E-state index in [2.05, 4.69) is 194 Å². The molecule has 2 nitrogen and oxygen atoms in total. The monoisotopic (exact) mass is 768 g/mol. The van der Waals surface area contributed by atoms with E-state index in [0.29, 0.717) is 17.7 Å². The smallest absolute Gasteiger partial charge is 0.160 e. The first-order valence-electron chi connectivity index (χ1n) is 20.3. The second-order valence-electron chi connectivity index (χ2n) is 15.7. The molecule has 2 atom stereocenters. The van der Waals surface area contributed by atoms with E-state index in [0.717, 1.165) is 39.2 Å². The minimum absolute atomic E-state index is 0.341. The van der Waals surface area contributed by atoms with Gasteiger partial charge in [0.25, 0.3) is 0 Å². The lowest BCUT2D eigenvalue weighted by atomic mass is 9.74. The summed E-state index contributed by atoms with van der Waals surface area (Å²) in [6.45, 7) is 0. The molecule has 0 radical (unpaired) electrons. The third kappa shape index (κ3) is 5.69. The highest BCUT2D eigenvalue weighted by molar-refractivity contribution is 7.26. The number of allylic oxidation sites excluding steroid dienone is 8. The topological polar surface area (TPSA) is 25.8 Å². The van der Waals surface area contributed by atoms with Crippen LogP contribution in [0.25, 0.3) is 87.5 Å². The lowest BCUT2D eigenvalue weighted by Gasteiger charge is -2.29. The number of hydrogen-bond donors (Lipinski definition) is 0. The van der Waals surface area contributed by atoms with Crippen LogP contribution in [-0.2, 0) is 0 Å². The first-order chi connectivity index (χ1) is 29.2. The normalized spacial score (nSPS) is 16.4. The van der Waals surface area contributed by atoms with Crippen LogP contribution in [-0.4, -0.2) is 9.97 Å². The van der Waals surface area contributed by atoms with Gasteiger partial charge in [-0.05, 0) is 92.1 Å². The Bertz CT molecular complexity index is 3210. The summed E-state index contributed by atoms with van der Waals surface area (Å²) in [5, 5.41) is 2.59. The van der Waals surface area contributed by atoms with E-state index in [1.54, 1.807) is 0 Å². The van der Waals surface area contributed by atoms with Gasteiger partial charge < -0.3 is 0 Å². The van der Waals surface area contributed by atoms with Gasteiger partial charge in [-0.25, -0.2) is 9.97 Å². The maximum absolute atomic E-state index is 5.30. The van der Waals surface area contributed by atoms with Gasteiger partial charge in [0.2, 0.25) is 0 Å². The summed E-state index contributed by atoms with van der Waals surface area (Å²) in [6.07, 6.45) is 11.7. The van der Waals surface area contributed by atoms with Crippen molar-refractivity contribution in [2.75, 3.05) is 0 Å². The molecular weight excluding hydrogens is 733 g/mol. The van der Waals surface area contributed by atoms with Crippen molar-refractivity contribution < 1.29 is 0 Å². The van der Waals surface area contributed by atoms with Crippen molar-refractivity contribution in [1.82, 2.24) is 9.97 Å². The molecule has 0 saturated carbocycles. The van der Waals surface area contributed by atoms with Crippen LogP contribution in [0, 0.1) is 5.92 Å². The molecule has 3 aliphatic rings. The van der Waals surface area contributed by atoms with E-state index in [4.69, 9.17) is 9.97 Å². The van der Waals surface area contributed by atoms with Crippen LogP contribution < -0.4 is 0 Å². The van der Waals surface area contributed by atoms with Crippen LogP contribution >= 0.6 is 11.3 Å². The minimum atomic E-state index is 0.341. The summed E-state index contributed by atoms with van der Waals surface area (Å²) in [5.74, 6) is 1.42. The Morgan fingerprint density at radius 3 is 1.98 bits per heavy atom. The summed E-state index contributed by atoms with van der Waals surface area (Å²) in [5.41, 5.74) is 17.8. The van der Waals surface area contributed by atoms with E-state index in [1.807, 2.05) is 23.5 Å². The lowest BCUT2D eigenvalue weighted by Crippen LogP contribution is -2.14. The third-order valence-corrected chi connectivity index (χ3v) is 13.5. The largest absolute Gasteiger partial charge is 0.228 e. The Morgan fingerprint density at radius 1 is 0.458 bits per heavy atom. The predicted octanol–water partition coefficient (Wildman–Crippen LogP) is 14.9. The maximum atomic E-state index is 5.30. The fraction of sp³-hybridized carbons (Fsp3) is 0.0357. The molecule has 276 valence electrons. The minimum Gasteiger partial charge on any atom is -0.228 e. The average Bonchev–Trinajstić information content (AvgIpc) is 3.86. The van der Waals surface area contributed by atoms with Gasteiger partial charge in [0.1, 0.15) is 0 Å². The molecule has 0 spiro atoms. The number of thiophene rings is 1. The molecule has 7 aromatic carbocycles. The van der Waals surface area contributed by atoms with Crippen molar-refractivity contribution in [2.45, 2.75) is 5.92 Å². The maximum Gasteiger partial charge on any atom is 0.160 e. The van der Waals surface area contributed by atoms with Gasteiger partial charge in [0, 0.05) is 48.7 Å². The van der Waals surface area contributed by atoms with Gasteiger partial charge in [0.15, 0.2) is 5.82 Å². The summed E-state index contributed by atoms with van der Waals surface area (Å²) in [6, 6.07) is 63.5. The second-order valence-corrected chi connectivity index (χ2v) is 16.7. The number of nitrogens with zero attached hydrogens (tertiary/aromatic N) is 2. The quantitative estimate of drug-likeness (QED) is 0.168. The van der Waals surface area contributed by atoms with Gasteiger partial charge in [0.05, 0.1) is 11.4 Å². The molecule has 59 heavy (non-hydrogen) atoms. The van der Waals surface area contributed by atoms with Crippen LogP contribution in [0.1, 0.15) is 22.6 Å². The van der Waals surface area contributed by atoms with Gasteiger partial charge in [-0.2, -0.15) is 0 Å². The van der Waals surface area contributed by atoms with Crippen molar-refractivity contribution in [3.63, 3.8) is 0 Å². The van der Waals surface area contributed by atoms with Crippen LogP contribution in [0.3, 0.4) is 0 Å². The number of rotatable bonds is 6. The number of fused-ring (bicyclic) bond motifs is 6. The summed E-state index contributed by atoms with van der Waals surface area (Å²) < 4.78 is 2.59. The number of aromatic nitrogens is 2. The molecule has 0 aliphatic heterocycles. The van der Waals surface area contributed by atoms with Gasteiger partial charge in [-0.3, -0.25) is 0 Å². The van der Waals surface area contributed by atoms with Crippen LogP contribution in [0.15, 0.2) is 212 Å². The van der Waals surface area contributed by atoms with Gasteiger partial charge in [-0.15, -0.1) is 11.3 Å². The standard InChI is InChI=1S/C56H36N2S/c1-3-14-35(15-4-1)51-34-52(58-56(57-51)36-16-5-2-6-17-36)41-32-39(31-40(33-41)43-23-12-26-50-46-22-9-10-27-53(46)59-55(43)50)37-18-11-19-38(30-37)42-28-29-49-45-21-8-7-20-44(45)48-25-13-24-47(42)54(48)49/h1-34,49,54H. The van der Waals surface area contributed by atoms with Crippen LogP contribution in [0.2, 0.25) is 0 Å². The Kier molecular flexibility index (Phi) is 7.89. The van der Waals surface area contributed by atoms with E-state index in [1.165, 1.54) is 64.7 Å². The molecule has 0 fully saturated rings. The Balaban J connectivity index is 1.05. The third-order valence-electron chi connectivity index (χ3n) is 12.3. The zero-order valence-electron chi connectivity index (χ0n) is 32.1. The molecule has 2 unspecified atom stereocenters. The Morgan fingerprint density at radius 2 is 1.10 bits per heavy atom. The molecule has 0 saturated heterocycles. The van der Waals surface area contributed by atoms with Crippen molar-refractivity contribution in [3.8, 4) is 56.2 Å².